The maximum Gasteiger partial charge on any atom is 0.175 e. The van der Waals surface area contributed by atoms with Crippen LogP contribution in [0.3, 0.4) is 0 Å². The second kappa shape index (κ2) is 5.43. The van der Waals surface area contributed by atoms with E-state index in [1.165, 1.54) is 18.0 Å². The molecule has 0 saturated heterocycles. The molecule has 0 aliphatic carbocycles. The third kappa shape index (κ3) is 3.34. The molecule has 1 aromatic heterocycles. The number of sulfone groups is 1. The van der Waals surface area contributed by atoms with E-state index in [0.29, 0.717) is 10.6 Å². The Kier molecular flexibility index (Phi) is 3.88. The van der Waals surface area contributed by atoms with E-state index < -0.39 is 9.84 Å². The Balaban J connectivity index is 2.28. The summed E-state index contributed by atoms with van der Waals surface area (Å²) in [5.74, 6) is 0. The van der Waals surface area contributed by atoms with Gasteiger partial charge < -0.3 is 0 Å². The molecule has 19 heavy (non-hydrogen) atoms. The van der Waals surface area contributed by atoms with E-state index in [2.05, 4.69) is 11.1 Å². The Morgan fingerprint density at radius 1 is 1.21 bits per heavy atom. The molecule has 6 heteroatoms. The van der Waals surface area contributed by atoms with E-state index in [1.807, 2.05) is 0 Å². The van der Waals surface area contributed by atoms with Crippen molar-refractivity contribution in [3.63, 3.8) is 0 Å². The Hall–Kier alpha value is -1.84. The Labute approximate surface area is 116 Å². The molecule has 0 bridgehead atoms. The van der Waals surface area contributed by atoms with Crippen LogP contribution in [0, 0.1) is 11.3 Å². The van der Waals surface area contributed by atoms with Gasteiger partial charge in [0.1, 0.15) is 11.1 Å². The predicted molar refractivity (Wildman–Crippen MR) is 72.6 cm³/mol. The molecule has 1 heterocycles. The Morgan fingerprint density at radius 2 is 1.89 bits per heavy atom. The van der Waals surface area contributed by atoms with Crippen molar-refractivity contribution in [3.8, 4) is 6.07 Å². The van der Waals surface area contributed by atoms with Gasteiger partial charge >= 0.3 is 0 Å². The van der Waals surface area contributed by atoms with Crippen molar-refractivity contribution < 1.29 is 8.42 Å². The fourth-order valence-electron chi connectivity index (χ4n) is 1.42. The van der Waals surface area contributed by atoms with Gasteiger partial charge in [-0.1, -0.05) is 11.8 Å². The lowest BCUT2D eigenvalue weighted by Crippen LogP contribution is -1.96. The van der Waals surface area contributed by atoms with Crippen LogP contribution < -0.4 is 0 Å². The van der Waals surface area contributed by atoms with E-state index >= 15 is 0 Å². The van der Waals surface area contributed by atoms with Gasteiger partial charge in [-0.15, -0.1) is 0 Å². The van der Waals surface area contributed by atoms with Crippen molar-refractivity contribution in [2.75, 3.05) is 6.26 Å². The molecule has 0 amide bonds. The quantitative estimate of drug-likeness (QED) is 0.868. The Morgan fingerprint density at radius 3 is 2.47 bits per heavy atom. The van der Waals surface area contributed by atoms with Crippen LogP contribution in [0.15, 0.2) is 57.4 Å². The minimum atomic E-state index is -3.18. The van der Waals surface area contributed by atoms with Crippen molar-refractivity contribution in [1.29, 1.82) is 5.26 Å². The van der Waals surface area contributed by atoms with Gasteiger partial charge in [0, 0.05) is 17.3 Å². The predicted octanol–water partition coefficient (Wildman–Crippen LogP) is 2.51. The fourth-order valence-corrected chi connectivity index (χ4v) is 2.89. The average molecular weight is 290 g/mol. The second-order valence-electron chi connectivity index (χ2n) is 3.81. The summed E-state index contributed by atoms with van der Waals surface area (Å²) in [5, 5.41) is 9.57. The number of rotatable bonds is 3. The molecule has 0 saturated carbocycles. The standard InChI is InChI=1S/C13H10N2O2S2/c1-19(16,17)12-6-4-11(5-7-12)18-13-10(9-14)3-2-8-15-13/h2-8H,1H3. The number of benzene rings is 1. The van der Waals surface area contributed by atoms with Crippen LogP contribution in [-0.4, -0.2) is 19.7 Å². The zero-order valence-electron chi connectivity index (χ0n) is 10.1. The zero-order valence-corrected chi connectivity index (χ0v) is 11.7. The summed E-state index contributed by atoms with van der Waals surface area (Å²) >= 11 is 1.33. The summed E-state index contributed by atoms with van der Waals surface area (Å²) < 4.78 is 22.7. The number of nitrogens with zero attached hydrogens (tertiary/aromatic N) is 2. The van der Waals surface area contributed by atoms with Crippen molar-refractivity contribution in [2.24, 2.45) is 0 Å². The molecule has 96 valence electrons. The molecule has 0 atom stereocenters. The number of hydrogen-bond donors (Lipinski definition) is 0. The normalized spacial score (nSPS) is 10.9. The molecule has 0 spiro atoms. The minimum Gasteiger partial charge on any atom is -0.248 e. The zero-order chi connectivity index (χ0) is 13.9. The fraction of sp³-hybridized carbons (Fsp3) is 0.0769. The number of hydrogen-bond acceptors (Lipinski definition) is 5. The van der Waals surface area contributed by atoms with Gasteiger partial charge in [0.05, 0.1) is 10.5 Å². The molecule has 0 aliphatic heterocycles. The van der Waals surface area contributed by atoms with Crippen molar-refractivity contribution >= 4 is 21.6 Å². The monoisotopic (exact) mass is 290 g/mol. The van der Waals surface area contributed by atoms with Gasteiger partial charge in [0.2, 0.25) is 0 Å². The van der Waals surface area contributed by atoms with E-state index in [1.54, 1.807) is 42.6 Å². The smallest absolute Gasteiger partial charge is 0.175 e. The lowest BCUT2D eigenvalue weighted by atomic mass is 10.3. The summed E-state index contributed by atoms with van der Waals surface area (Å²) in [7, 11) is -3.18. The lowest BCUT2D eigenvalue weighted by molar-refractivity contribution is 0.602. The van der Waals surface area contributed by atoms with Crippen LogP contribution in [0.5, 0.6) is 0 Å². The van der Waals surface area contributed by atoms with Gasteiger partial charge in [-0.3, -0.25) is 0 Å². The summed E-state index contributed by atoms with van der Waals surface area (Å²) in [5.41, 5.74) is 0.500. The molecule has 2 rings (SSSR count). The summed E-state index contributed by atoms with van der Waals surface area (Å²) in [4.78, 5) is 5.25. The van der Waals surface area contributed by atoms with E-state index in [4.69, 9.17) is 5.26 Å². The molecule has 0 N–H and O–H groups in total. The van der Waals surface area contributed by atoms with Gasteiger partial charge in [-0.05, 0) is 36.4 Å². The first-order valence-corrected chi connectivity index (χ1v) is 8.04. The van der Waals surface area contributed by atoms with Crippen LogP contribution in [0.2, 0.25) is 0 Å². The molecular weight excluding hydrogens is 280 g/mol. The highest BCUT2D eigenvalue weighted by atomic mass is 32.2. The molecule has 2 aromatic rings. The molecular formula is C13H10N2O2S2. The first kappa shape index (κ1) is 13.6. The van der Waals surface area contributed by atoms with Gasteiger partial charge in [0.15, 0.2) is 9.84 Å². The van der Waals surface area contributed by atoms with Gasteiger partial charge in [-0.25, -0.2) is 13.4 Å². The van der Waals surface area contributed by atoms with Crippen LogP contribution in [-0.2, 0) is 9.84 Å². The number of nitriles is 1. The third-order valence-electron chi connectivity index (χ3n) is 2.36. The van der Waals surface area contributed by atoms with Crippen LogP contribution >= 0.6 is 11.8 Å². The maximum atomic E-state index is 11.3. The van der Waals surface area contributed by atoms with Gasteiger partial charge in [0.25, 0.3) is 0 Å². The first-order chi connectivity index (χ1) is 9.00. The van der Waals surface area contributed by atoms with E-state index in [-0.39, 0.29) is 4.90 Å². The lowest BCUT2D eigenvalue weighted by Gasteiger charge is -2.03. The first-order valence-electron chi connectivity index (χ1n) is 5.34. The highest BCUT2D eigenvalue weighted by Gasteiger charge is 2.08. The molecule has 0 aliphatic rings. The summed E-state index contributed by atoms with van der Waals surface area (Å²) in [6.07, 6.45) is 2.79. The van der Waals surface area contributed by atoms with Crippen LogP contribution in [0.1, 0.15) is 5.56 Å². The highest BCUT2D eigenvalue weighted by molar-refractivity contribution is 7.99. The molecule has 0 radical (unpaired) electrons. The maximum absolute atomic E-state index is 11.3. The molecule has 4 nitrogen and oxygen atoms in total. The molecule has 0 fully saturated rings. The van der Waals surface area contributed by atoms with Crippen LogP contribution in [0.4, 0.5) is 0 Å². The number of aromatic nitrogens is 1. The van der Waals surface area contributed by atoms with Crippen molar-refractivity contribution in [2.45, 2.75) is 14.8 Å². The SMILES string of the molecule is CS(=O)(=O)c1ccc(Sc2ncccc2C#N)cc1. The topological polar surface area (TPSA) is 70.8 Å². The second-order valence-corrected chi connectivity index (χ2v) is 6.89. The third-order valence-corrected chi connectivity index (χ3v) is 4.51. The highest BCUT2D eigenvalue weighted by Crippen LogP contribution is 2.28. The Bertz CT molecular complexity index is 732. The van der Waals surface area contributed by atoms with Gasteiger partial charge in [-0.2, -0.15) is 5.26 Å². The number of pyridine rings is 1. The van der Waals surface area contributed by atoms with Crippen molar-refractivity contribution in [1.82, 2.24) is 4.98 Å². The minimum absolute atomic E-state index is 0.276. The molecule has 0 unspecified atom stereocenters. The average Bonchev–Trinajstić information content (AvgIpc) is 2.39. The van der Waals surface area contributed by atoms with Crippen molar-refractivity contribution in [3.05, 3.63) is 48.2 Å². The molecule has 1 aromatic carbocycles. The van der Waals surface area contributed by atoms with Crippen LogP contribution in [0.25, 0.3) is 0 Å². The summed E-state index contributed by atoms with van der Waals surface area (Å²) in [6.45, 7) is 0. The van der Waals surface area contributed by atoms with E-state index in [9.17, 15) is 8.42 Å². The van der Waals surface area contributed by atoms with E-state index in [0.717, 1.165) is 4.90 Å². The largest absolute Gasteiger partial charge is 0.248 e. The summed E-state index contributed by atoms with van der Waals surface area (Å²) in [6, 6.07) is 12.0.